The molecule has 0 radical (unpaired) electrons. The summed E-state index contributed by atoms with van der Waals surface area (Å²) in [5.41, 5.74) is 1.95. The van der Waals surface area contributed by atoms with Crippen LogP contribution in [0.15, 0.2) is 30.5 Å². The predicted octanol–water partition coefficient (Wildman–Crippen LogP) is 2.25. The summed E-state index contributed by atoms with van der Waals surface area (Å²) in [5.74, 6) is 0.0737. The van der Waals surface area contributed by atoms with Crippen LogP contribution in [-0.2, 0) is 4.79 Å². The van der Waals surface area contributed by atoms with Crippen LogP contribution in [0.2, 0.25) is 0 Å². The molecule has 3 N–H and O–H groups in total. The van der Waals surface area contributed by atoms with Crippen molar-refractivity contribution in [2.75, 3.05) is 11.9 Å². The number of amides is 1. The van der Waals surface area contributed by atoms with Crippen LogP contribution in [0.5, 0.6) is 0 Å². The fraction of sp³-hybridized carbons (Fsp3) is 0.357. The van der Waals surface area contributed by atoms with Crippen molar-refractivity contribution in [3.8, 4) is 0 Å². The number of carbonyl (C=O) groups excluding carboxylic acids is 1. The van der Waals surface area contributed by atoms with Crippen LogP contribution < -0.4 is 10.6 Å². The molecule has 1 fully saturated rings. The number of aromatic amines is 1. The first kappa shape index (κ1) is 11.3. The molecular weight excluding hydrogens is 226 g/mol. The van der Waals surface area contributed by atoms with Crippen molar-refractivity contribution in [1.82, 2.24) is 10.3 Å². The van der Waals surface area contributed by atoms with E-state index in [9.17, 15) is 4.79 Å². The fourth-order valence-electron chi connectivity index (χ4n) is 2.44. The van der Waals surface area contributed by atoms with Crippen molar-refractivity contribution < 1.29 is 4.79 Å². The Kier molecular flexibility index (Phi) is 3.02. The van der Waals surface area contributed by atoms with Gasteiger partial charge in [-0.1, -0.05) is 6.42 Å². The lowest BCUT2D eigenvalue weighted by Gasteiger charge is -2.22. The standard InChI is InChI=1S/C14H17N3O/c18-14(13-3-1-2-7-15-13)17-11-4-5-12-10(9-11)6-8-16-12/h4-6,8-9,13,15-16H,1-3,7H2,(H,17,18)/t13-/m0/s1. The lowest BCUT2D eigenvalue weighted by atomic mass is 10.0. The minimum Gasteiger partial charge on any atom is -0.361 e. The molecule has 2 aromatic rings. The predicted molar refractivity (Wildman–Crippen MR) is 72.6 cm³/mol. The molecule has 1 aliphatic rings. The van der Waals surface area contributed by atoms with Crippen molar-refractivity contribution in [2.45, 2.75) is 25.3 Å². The van der Waals surface area contributed by atoms with Gasteiger partial charge in [-0.05, 0) is 43.7 Å². The molecule has 0 bridgehead atoms. The second-order valence-corrected chi connectivity index (χ2v) is 4.77. The van der Waals surface area contributed by atoms with E-state index in [2.05, 4.69) is 15.6 Å². The van der Waals surface area contributed by atoms with Gasteiger partial charge in [0, 0.05) is 22.8 Å². The van der Waals surface area contributed by atoms with Crippen LogP contribution in [-0.4, -0.2) is 23.5 Å². The first-order valence-corrected chi connectivity index (χ1v) is 6.44. The van der Waals surface area contributed by atoms with Crippen LogP contribution >= 0.6 is 0 Å². The van der Waals surface area contributed by atoms with Crippen LogP contribution in [0.25, 0.3) is 10.9 Å². The highest BCUT2D eigenvalue weighted by Gasteiger charge is 2.20. The zero-order valence-corrected chi connectivity index (χ0v) is 10.2. The zero-order valence-electron chi connectivity index (χ0n) is 10.2. The van der Waals surface area contributed by atoms with Gasteiger partial charge in [-0.25, -0.2) is 0 Å². The molecule has 2 heterocycles. The van der Waals surface area contributed by atoms with E-state index in [4.69, 9.17) is 0 Å². The highest BCUT2D eigenvalue weighted by atomic mass is 16.2. The van der Waals surface area contributed by atoms with Gasteiger partial charge in [-0.15, -0.1) is 0 Å². The lowest BCUT2D eigenvalue weighted by Crippen LogP contribution is -2.43. The number of nitrogens with one attached hydrogen (secondary N) is 3. The molecule has 3 rings (SSSR count). The molecule has 4 nitrogen and oxygen atoms in total. The Balaban J connectivity index is 1.72. The highest BCUT2D eigenvalue weighted by Crippen LogP contribution is 2.18. The monoisotopic (exact) mass is 243 g/mol. The third-order valence-corrected chi connectivity index (χ3v) is 3.45. The number of fused-ring (bicyclic) bond motifs is 1. The highest BCUT2D eigenvalue weighted by molar-refractivity contribution is 5.96. The van der Waals surface area contributed by atoms with Crippen LogP contribution in [0.1, 0.15) is 19.3 Å². The molecule has 94 valence electrons. The number of hydrogen-bond donors (Lipinski definition) is 3. The Morgan fingerprint density at radius 1 is 1.28 bits per heavy atom. The van der Waals surface area contributed by atoms with Gasteiger partial charge in [0.15, 0.2) is 0 Å². The van der Waals surface area contributed by atoms with Crippen LogP contribution in [0.4, 0.5) is 5.69 Å². The summed E-state index contributed by atoms with van der Waals surface area (Å²) in [4.78, 5) is 15.2. The molecule has 1 atom stereocenters. The first-order valence-electron chi connectivity index (χ1n) is 6.44. The average molecular weight is 243 g/mol. The van der Waals surface area contributed by atoms with Crippen LogP contribution in [0.3, 0.4) is 0 Å². The Hall–Kier alpha value is -1.81. The van der Waals surface area contributed by atoms with Crippen molar-refractivity contribution in [1.29, 1.82) is 0 Å². The third kappa shape index (κ3) is 2.24. The summed E-state index contributed by atoms with van der Waals surface area (Å²) in [6.07, 6.45) is 5.12. The topological polar surface area (TPSA) is 56.9 Å². The second-order valence-electron chi connectivity index (χ2n) is 4.77. The molecular formula is C14H17N3O. The number of piperidine rings is 1. The molecule has 0 aliphatic carbocycles. The van der Waals surface area contributed by atoms with E-state index < -0.39 is 0 Å². The van der Waals surface area contributed by atoms with Crippen molar-refractivity contribution in [3.05, 3.63) is 30.5 Å². The number of carbonyl (C=O) groups is 1. The van der Waals surface area contributed by atoms with Gasteiger partial charge in [0.25, 0.3) is 0 Å². The van der Waals surface area contributed by atoms with Gasteiger partial charge in [-0.3, -0.25) is 4.79 Å². The van der Waals surface area contributed by atoms with Gasteiger partial charge in [0.05, 0.1) is 6.04 Å². The number of anilines is 1. The van der Waals surface area contributed by atoms with E-state index in [-0.39, 0.29) is 11.9 Å². The molecule has 4 heteroatoms. The minimum absolute atomic E-state index is 0.0410. The summed E-state index contributed by atoms with van der Waals surface area (Å²) in [7, 11) is 0. The van der Waals surface area contributed by atoms with E-state index >= 15 is 0 Å². The number of rotatable bonds is 2. The van der Waals surface area contributed by atoms with E-state index in [1.165, 1.54) is 6.42 Å². The van der Waals surface area contributed by atoms with E-state index in [0.717, 1.165) is 36.0 Å². The smallest absolute Gasteiger partial charge is 0.241 e. The molecule has 0 unspecified atom stereocenters. The molecule has 18 heavy (non-hydrogen) atoms. The number of benzene rings is 1. The maximum absolute atomic E-state index is 12.1. The van der Waals surface area contributed by atoms with E-state index in [1.54, 1.807) is 0 Å². The Labute approximate surface area is 106 Å². The van der Waals surface area contributed by atoms with Crippen molar-refractivity contribution in [2.24, 2.45) is 0 Å². The molecule has 1 saturated heterocycles. The maximum Gasteiger partial charge on any atom is 0.241 e. The summed E-state index contributed by atoms with van der Waals surface area (Å²) in [6, 6.07) is 7.87. The molecule has 1 aromatic carbocycles. The SMILES string of the molecule is O=C(Nc1ccc2[nH]ccc2c1)[C@@H]1CCCCN1. The summed E-state index contributed by atoms with van der Waals surface area (Å²) < 4.78 is 0. The van der Waals surface area contributed by atoms with Gasteiger partial charge in [0.2, 0.25) is 5.91 Å². The molecule has 0 saturated carbocycles. The van der Waals surface area contributed by atoms with E-state index in [1.807, 2.05) is 30.5 Å². The van der Waals surface area contributed by atoms with E-state index in [0.29, 0.717) is 0 Å². The normalized spacial score (nSPS) is 19.9. The maximum atomic E-state index is 12.1. The largest absolute Gasteiger partial charge is 0.361 e. The lowest BCUT2D eigenvalue weighted by molar-refractivity contribution is -0.118. The fourth-order valence-corrected chi connectivity index (χ4v) is 2.44. The zero-order chi connectivity index (χ0) is 12.4. The molecule has 1 aliphatic heterocycles. The molecule has 1 amide bonds. The second kappa shape index (κ2) is 4.82. The van der Waals surface area contributed by atoms with Gasteiger partial charge in [0.1, 0.15) is 0 Å². The minimum atomic E-state index is -0.0410. The quantitative estimate of drug-likeness (QED) is 0.757. The number of aromatic nitrogens is 1. The van der Waals surface area contributed by atoms with Gasteiger partial charge < -0.3 is 15.6 Å². The van der Waals surface area contributed by atoms with Crippen molar-refractivity contribution in [3.63, 3.8) is 0 Å². The molecule has 1 aromatic heterocycles. The number of H-pyrrole nitrogens is 1. The summed E-state index contributed by atoms with van der Waals surface area (Å²) in [5, 5.41) is 7.35. The summed E-state index contributed by atoms with van der Waals surface area (Å²) >= 11 is 0. The first-order chi connectivity index (χ1) is 8.83. The van der Waals surface area contributed by atoms with Crippen molar-refractivity contribution >= 4 is 22.5 Å². The number of hydrogen-bond acceptors (Lipinski definition) is 2. The van der Waals surface area contributed by atoms with Gasteiger partial charge in [-0.2, -0.15) is 0 Å². The average Bonchev–Trinajstić information content (AvgIpc) is 2.87. The Morgan fingerprint density at radius 3 is 3.06 bits per heavy atom. The van der Waals surface area contributed by atoms with Crippen LogP contribution in [0, 0.1) is 0 Å². The third-order valence-electron chi connectivity index (χ3n) is 3.45. The Morgan fingerprint density at radius 2 is 2.22 bits per heavy atom. The summed E-state index contributed by atoms with van der Waals surface area (Å²) in [6.45, 7) is 0.939. The van der Waals surface area contributed by atoms with Gasteiger partial charge >= 0.3 is 0 Å². The Bertz CT molecular complexity index is 555. The molecule has 0 spiro atoms.